The molecule has 36 heavy (non-hydrogen) atoms. The SMILES string of the molecule is CCOC(=O)C(OC[C@H]1C[C@@H](n2nnc3c(NC[C@H]4CCOC4)nc(Cl)nc32)[C@H](O)[C@@H]1O)P(=O)(O)O. The largest absolute Gasteiger partial charge is 0.464 e. The van der Waals surface area contributed by atoms with E-state index in [1.54, 1.807) is 0 Å². The first-order chi connectivity index (χ1) is 17.1. The third kappa shape index (κ3) is 5.78. The van der Waals surface area contributed by atoms with Crippen LogP contribution in [0.5, 0.6) is 0 Å². The third-order valence-electron chi connectivity index (χ3n) is 6.23. The lowest BCUT2D eigenvalue weighted by molar-refractivity contribution is -0.153. The Balaban J connectivity index is 1.50. The lowest BCUT2D eigenvalue weighted by atomic mass is 10.1. The van der Waals surface area contributed by atoms with Crippen LogP contribution in [0.2, 0.25) is 5.28 Å². The number of fused-ring (bicyclic) bond motifs is 1. The highest BCUT2D eigenvalue weighted by atomic mass is 35.5. The first-order valence-corrected chi connectivity index (χ1v) is 13.5. The molecule has 2 aromatic heterocycles. The minimum atomic E-state index is -4.99. The molecule has 5 N–H and O–H groups in total. The summed E-state index contributed by atoms with van der Waals surface area (Å²) in [6, 6.07) is -0.809. The van der Waals surface area contributed by atoms with Crippen molar-refractivity contribution in [3.8, 4) is 0 Å². The van der Waals surface area contributed by atoms with Crippen LogP contribution in [-0.4, -0.2) is 102 Å². The predicted molar refractivity (Wildman–Crippen MR) is 123 cm³/mol. The molecule has 17 heteroatoms. The van der Waals surface area contributed by atoms with Gasteiger partial charge in [0.15, 0.2) is 17.0 Å². The normalized spacial score (nSPS) is 27.4. The molecule has 0 radical (unpaired) electrons. The van der Waals surface area contributed by atoms with E-state index in [0.29, 0.717) is 37.0 Å². The summed E-state index contributed by atoms with van der Waals surface area (Å²) in [5.41, 5.74) is 0.557. The number of hydrogen-bond donors (Lipinski definition) is 5. The van der Waals surface area contributed by atoms with Crippen LogP contribution in [0.15, 0.2) is 0 Å². The number of aliphatic hydroxyl groups is 2. The van der Waals surface area contributed by atoms with E-state index in [4.69, 9.17) is 21.1 Å². The molecular formula is C19H28ClN6O9P. The number of anilines is 1. The van der Waals surface area contributed by atoms with Gasteiger partial charge >= 0.3 is 13.6 Å². The minimum absolute atomic E-state index is 0.0666. The lowest BCUT2D eigenvalue weighted by Crippen LogP contribution is -2.33. The van der Waals surface area contributed by atoms with Gasteiger partial charge in [-0.15, -0.1) is 5.10 Å². The number of hydrogen-bond acceptors (Lipinski definition) is 12. The number of carbonyl (C=O) groups excluding carboxylic acids is 1. The van der Waals surface area contributed by atoms with Gasteiger partial charge < -0.3 is 39.5 Å². The molecule has 2 fully saturated rings. The number of halogens is 1. The lowest BCUT2D eigenvalue weighted by Gasteiger charge is -2.21. The molecule has 3 heterocycles. The van der Waals surface area contributed by atoms with Gasteiger partial charge in [-0.2, -0.15) is 9.97 Å². The fourth-order valence-corrected chi connectivity index (χ4v) is 5.17. The van der Waals surface area contributed by atoms with Gasteiger partial charge in [0, 0.05) is 25.0 Å². The second kappa shape index (κ2) is 11.2. The molecule has 0 amide bonds. The summed E-state index contributed by atoms with van der Waals surface area (Å²) in [6.45, 7) is 2.88. The Hall–Kier alpha value is -1.97. The maximum atomic E-state index is 11.9. The van der Waals surface area contributed by atoms with Crippen molar-refractivity contribution in [2.75, 3.05) is 38.3 Å². The van der Waals surface area contributed by atoms with E-state index in [2.05, 4.69) is 30.3 Å². The van der Waals surface area contributed by atoms with Crippen molar-refractivity contribution >= 4 is 42.1 Å². The van der Waals surface area contributed by atoms with Crippen LogP contribution >= 0.6 is 19.2 Å². The summed E-state index contributed by atoms with van der Waals surface area (Å²) in [6.07, 6.45) is -1.68. The van der Waals surface area contributed by atoms with E-state index in [9.17, 15) is 29.4 Å². The van der Waals surface area contributed by atoms with Crippen molar-refractivity contribution in [3.05, 3.63) is 5.28 Å². The molecule has 6 atom stereocenters. The van der Waals surface area contributed by atoms with E-state index >= 15 is 0 Å². The summed E-state index contributed by atoms with van der Waals surface area (Å²) < 4.78 is 28.2. The molecule has 1 aliphatic heterocycles. The number of nitrogens with zero attached hydrogens (tertiary/aromatic N) is 5. The Morgan fingerprint density at radius 3 is 2.78 bits per heavy atom. The van der Waals surface area contributed by atoms with Crippen LogP contribution in [0.25, 0.3) is 11.2 Å². The van der Waals surface area contributed by atoms with E-state index in [1.165, 1.54) is 11.6 Å². The van der Waals surface area contributed by atoms with Crippen molar-refractivity contribution in [2.24, 2.45) is 11.8 Å². The number of aliphatic hydroxyl groups excluding tert-OH is 2. The van der Waals surface area contributed by atoms with Gasteiger partial charge in [0.2, 0.25) is 5.28 Å². The van der Waals surface area contributed by atoms with Gasteiger partial charge in [-0.25, -0.2) is 9.48 Å². The summed E-state index contributed by atoms with van der Waals surface area (Å²) in [5, 5.41) is 32.7. The molecule has 2 aliphatic rings. The van der Waals surface area contributed by atoms with Crippen molar-refractivity contribution in [1.82, 2.24) is 25.0 Å². The van der Waals surface area contributed by atoms with Gasteiger partial charge in [0.25, 0.3) is 5.85 Å². The molecule has 0 spiro atoms. The molecule has 4 rings (SSSR count). The summed E-state index contributed by atoms with van der Waals surface area (Å²) >= 11 is 6.13. The molecule has 0 bridgehead atoms. The first kappa shape index (κ1) is 27.1. The highest BCUT2D eigenvalue weighted by molar-refractivity contribution is 7.53. The van der Waals surface area contributed by atoms with E-state index in [0.717, 1.165) is 6.42 Å². The zero-order chi connectivity index (χ0) is 26.0. The van der Waals surface area contributed by atoms with Crippen LogP contribution in [0.4, 0.5) is 5.82 Å². The number of rotatable bonds is 10. The second-order valence-corrected chi connectivity index (χ2v) is 10.7. The smallest absolute Gasteiger partial charge is 0.365 e. The number of ether oxygens (including phenoxy) is 3. The minimum Gasteiger partial charge on any atom is -0.464 e. The second-order valence-electron chi connectivity index (χ2n) is 8.73. The average Bonchev–Trinajstić information content (AvgIpc) is 3.53. The van der Waals surface area contributed by atoms with Crippen LogP contribution in [0, 0.1) is 11.8 Å². The molecule has 1 saturated carbocycles. The van der Waals surface area contributed by atoms with Gasteiger partial charge in [0.1, 0.15) is 6.10 Å². The quantitative estimate of drug-likeness (QED) is 0.146. The Labute approximate surface area is 210 Å². The van der Waals surface area contributed by atoms with Crippen LogP contribution in [0.1, 0.15) is 25.8 Å². The van der Waals surface area contributed by atoms with Crippen LogP contribution in [-0.2, 0) is 23.6 Å². The number of aromatic nitrogens is 5. The van der Waals surface area contributed by atoms with Gasteiger partial charge in [-0.1, -0.05) is 5.21 Å². The Morgan fingerprint density at radius 2 is 2.11 bits per heavy atom. The van der Waals surface area contributed by atoms with Crippen molar-refractivity contribution < 1.29 is 43.6 Å². The number of nitrogens with one attached hydrogen (secondary N) is 1. The van der Waals surface area contributed by atoms with Gasteiger partial charge in [-0.3, -0.25) is 4.57 Å². The van der Waals surface area contributed by atoms with Crippen molar-refractivity contribution in [3.63, 3.8) is 0 Å². The van der Waals surface area contributed by atoms with Crippen molar-refractivity contribution in [1.29, 1.82) is 0 Å². The molecule has 2 aromatic rings. The van der Waals surface area contributed by atoms with E-state index < -0.39 is 50.2 Å². The molecule has 1 aliphatic carbocycles. The topological polar surface area (TPSA) is 211 Å². The highest BCUT2D eigenvalue weighted by Gasteiger charge is 2.46. The standard InChI is InChI=1S/C19H28ClN6O9P/c1-2-34-17(29)18(36(30,31)32)35-8-10-5-11(14(28)13(10)27)26-16-12(24-25-26)15(22-19(20)23-16)21-6-9-3-4-33-7-9/h9-11,13-14,18,27-28H,2-8H2,1H3,(H,21,22,23)(H2,30,31,32)/t9-,10-,11-,13-,14+,18?/m1/s1. The Morgan fingerprint density at radius 1 is 1.33 bits per heavy atom. The number of carbonyl (C=O) groups is 1. The van der Waals surface area contributed by atoms with Crippen LogP contribution < -0.4 is 5.32 Å². The molecule has 0 aromatic carbocycles. The zero-order valence-corrected chi connectivity index (χ0v) is 21.0. The monoisotopic (exact) mass is 550 g/mol. The zero-order valence-electron chi connectivity index (χ0n) is 19.3. The third-order valence-corrected chi connectivity index (χ3v) is 7.37. The van der Waals surface area contributed by atoms with Crippen LogP contribution in [0.3, 0.4) is 0 Å². The molecule has 1 saturated heterocycles. The van der Waals surface area contributed by atoms with Crippen molar-refractivity contribution in [2.45, 2.75) is 43.9 Å². The summed E-state index contributed by atoms with van der Waals surface area (Å²) in [7, 11) is -4.99. The maximum absolute atomic E-state index is 11.9. The maximum Gasteiger partial charge on any atom is 0.365 e. The average molecular weight is 551 g/mol. The Kier molecular flexibility index (Phi) is 8.42. The van der Waals surface area contributed by atoms with E-state index in [1.807, 2.05) is 0 Å². The molecule has 1 unspecified atom stereocenters. The first-order valence-electron chi connectivity index (χ1n) is 11.4. The molecule has 15 nitrogen and oxygen atoms in total. The fraction of sp³-hybridized carbons (Fsp3) is 0.737. The molecule has 200 valence electrons. The molecular weight excluding hydrogens is 523 g/mol. The van der Waals surface area contributed by atoms with Gasteiger partial charge in [-0.05, 0) is 31.4 Å². The number of esters is 1. The summed E-state index contributed by atoms with van der Waals surface area (Å²) in [4.78, 5) is 39.2. The Bertz CT molecular complexity index is 1130. The predicted octanol–water partition coefficient (Wildman–Crippen LogP) is -0.311. The van der Waals surface area contributed by atoms with E-state index in [-0.39, 0.29) is 24.0 Å². The van der Waals surface area contributed by atoms with Gasteiger partial charge in [0.05, 0.1) is 32.0 Å². The highest BCUT2D eigenvalue weighted by Crippen LogP contribution is 2.44. The fourth-order valence-electron chi connectivity index (χ4n) is 4.37. The summed E-state index contributed by atoms with van der Waals surface area (Å²) in [5.74, 6) is -3.46.